The number of carbonyl (C=O) groups is 1. The second kappa shape index (κ2) is 5.48. The fraction of sp³-hybridized carbons (Fsp3) is 0.0909. The van der Waals surface area contributed by atoms with E-state index in [4.69, 9.17) is 23.2 Å². The number of carbonyl (C=O) groups excluding carboxylic acids is 1. The van der Waals surface area contributed by atoms with Crippen molar-refractivity contribution in [1.82, 2.24) is 4.98 Å². The van der Waals surface area contributed by atoms with Gasteiger partial charge in [-0.25, -0.2) is 4.98 Å². The van der Waals surface area contributed by atoms with E-state index in [0.29, 0.717) is 15.7 Å². The van der Waals surface area contributed by atoms with Gasteiger partial charge >= 0.3 is 0 Å². The minimum atomic E-state index is -0.180. The summed E-state index contributed by atoms with van der Waals surface area (Å²) < 4.78 is 0.914. The molecular weight excluding hydrogens is 345 g/mol. The Morgan fingerprint density at radius 2 is 2.24 bits per heavy atom. The van der Waals surface area contributed by atoms with Crippen LogP contribution in [0.4, 0.5) is 0 Å². The van der Waals surface area contributed by atoms with Gasteiger partial charge in [-0.05, 0) is 18.2 Å². The Bertz CT molecular complexity index is 570. The van der Waals surface area contributed by atoms with Crippen molar-refractivity contribution < 1.29 is 4.79 Å². The van der Waals surface area contributed by atoms with Crippen LogP contribution in [0.5, 0.6) is 0 Å². The van der Waals surface area contributed by atoms with Crippen molar-refractivity contribution in [2.75, 3.05) is 5.88 Å². The van der Waals surface area contributed by atoms with Crippen LogP contribution in [0.2, 0.25) is 5.02 Å². The summed E-state index contributed by atoms with van der Waals surface area (Å²) in [7, 11) is 0. The predicted octanol–water partition coefficient (Wildman–Crippen LogP) is 4.65. The normalized spacial score (nSPS) is 10.5. The van der Waals surface area contributed by atoms with Crippen molar-refractivity contribution in [3.05, 3.63) is 38.8 Å². The third kappa shape index (κ3) is 2.88. The Balaban J connectivity index is 2.43. The Morgan fingerprint density at radius 3 is 2.94 bits per heavy atom. The number of ketones is 1. The molecule has 0 spiro atoms. The summed E-state index contributed by atoms with van der Waals surface area (Å²) in [5.41, 5.74) is 1.19. The smallest absolute Gasteiger partial charge is 0.196 e. The zero-order valence-corrected chi connectivity index (χ0v) is 12.3. The van der Waals surface area contributed by atoms with E-state index in [1.54, 1.807) is 11.4 Å². The van der Waals surface area contributed by atoms with Crippen LogP contribution < -0.4 is 0 Å². The molecule has 0 N–H and O–H groups in total. The molecule has 0 aliphatic rings. The molecule has 0 aliphatic carbocycles. The minimum Gasteiger partial charge on any atom is -0.291 e. The molecule has 6 heteroatoms. The number of hydrogen-bond acceptors (Lipinski definition) is 3. The van der Waals surface area contributed by atoms with Gasteiger partial charge in [0, 0.05) is 15.4 Å². The van der Waals surface area contributed by atoms with Gasteiger partial charge in [0.15, 0.2) is 5.78 Å². The van der Waals surface area contributed by atoms with Crippen molar-refractivity contribution >= 4 is 56.3 Å². The third-order valence-corrected chi connectivity index (χ3v) is 4.01. The Morgan fingerprint density at radius 1 is 1.47 bits per heavy atom. The fourth-order valence-corrected chi connectivity index (χ4v) is 2.87. The maximum absolute atomic E-state index is 11.4. The molecule has 1 heterocycles. The summed E-state index contributed by atoms with van der Waals surface area (Å²) in [6, 6.07) is 5.51. The number of alkyl halides is 1. The molecule has 0 saturated carbocycles. The highest BCUT2D eigenvalue weighted by Crippen LogP contribution is 2.32. The first-order valence-corrected chi connectivity index (χ1v) is 7.20. The first-order chi connectivity index (χ1) is 8.11. The highest BCUT2D eigenvalue weighted by molar-refractivity contribution is 9.10. The monoisotopic (exact) mass is 349 g/mol. The highest BCUT2D eigenvalue weighted by Gasteiger charge is 2.13. The Labute approximate surface area is 121 Å². The van der Waals surface area contributed by atoms with Gasteiger partial charge < -0.3 is 0 Å². The van der Waals surface area contributed by atoms with E-state index in [0.717, 1.165) is 10.0 Å². The van der Waals surface area contributed by atoms with Gasteiger partial charge in [0.05, 0.1) is 10.9 Å². The maximum atomic E-state index is 11.4. The van der Waals surface area contributed by atoms with E-state index in [1.165, 1.54) is 11.3 Å². The number of rotatable bonds is 3. The van der Waals surface area contributed by atoms with Gasteiger partial charge in [-0.3, -0.25) is 4.79 Å². The number of nitrogens with zero attached hydrogens (tertiary/aromatic N) is 1. The summed E-state index contributed by atoms with van der Waals surface area (Å²) >= 11 is 16.3. The summed E-state index contributed by atoms with van der Waals surface area (Å²) in [5.74, 6) is -0.240. The number of hydrogen-bond donors (Lipinski definition) is 0. The van der Waals surface area contributed by atoms with Crippen LogP contribution in [0.15, 0.2) is 28.1 Å². The lowest BCUT2D eigenvalue weighted by molar-refractivity contribution is 0.101. The van der Waals surface area contributed by atoms with Gasteiger partial charge in [0.25, 0.3) is 0 Å². The van der Waals surface area contributed by atoms with Crippen LogP contribution in [-0.4, -0.2) is 16.6 Å². The average molecular weight is 351 g/mol. The molecule has 88 valence electrons. The number of benzene rings is 1. The van der Waals surface area contributed by atoms with E-state index >= 15 is 0 Å². The molecule has 0 atom stereocenters. The number of halogens is 3. The first-order valence-electron chi connectivity index (χ1n) is 4.62. The quantitative estimate of drug-likeness (QED) is 0.595. The van der Waals surface area contributed by atoms with E-state index in [9.17, 15) is 4.79 Å². The molecule has 0 unspecified atom stereocenters. The Hall–Kier alpha value is -0.420. The molecule has 0 radical (unpaired) electrons. The van der Waals surface area contributed by atoms with Crippen molar-refractivity contribution in [1.29, 1.82) is 0 Å². The summed E-state index contributed by atoms with van der Waals surface area (Å²) in [6.07, 6.45) is 0. The van der Waals surface area contributed by atoms with Crippen molar-refractivity contribution in [2.45, 2.75) is 0 Å². The van der Waals surface area contributed by atoms with Gasteiger partial charge in [-0.15, -0.1) is 22.9 Å². The topological polar surface area (TPSA) is 30.0 Å². The van der Waals surface area contributed by atoms with Crippen LogP contribution >= 0.6 is 50.5 Å². The number of thiazole rings is 1. The Kier molecular flexibility index (Phi) is 4.20. The predicted molar refractivity (Wildman–Crippen MR) is 75.3 cm³/mol. The molecule has 0 amide bonds. The lowest BCUT2D eigenvalue weighted by Crippen LogP contribution is -2.00. The molecule has 2 rings (SSSR count). The van der Waals surface area contributed by atoms with Crippen LogP contribution in [0.3, 0.4) is 0 Å². The highest BCUT2D eigenvalue weighted by atomic mass is 79.9. The van der Waals surface area contributed by atoms with Crippen molar-refractivity contribution in [2.24, 2.45) is 0 Å². The summed E-state index contributed by atoms with van der Waals surface area (Å²) in [6.45, 7) is 0. The zero-order valence-electron chi connectivity index (χ0n) is 8.41. The number of aromatic nitrogens is 1. The van der Waals surface area contributed by atoms with Gasteiger partial charge in [-0.1, -0.05) is 27.5 Å². The average Bonchev–Trinajstić information content (AvgIpc) is 2.80. The lowest BCUT2D eigenvalue weighted by Gasteiger charge is -2.00. The lowest BCUT2D eigenvalue weighted by atomic mass is 10.2. The molecule has 0 fully saturated rings. The molecule has 1 aromatic heterocycles. The van der Waals surface area contributed by atoms with Crippen LogP contribution in [-0.2, 0) is 0 Å². The number of Topliss-reactive ketones (excluding diaryl/α,β-unsaturated/α-hetero) is 1. The summed E-state index contributed by atoms with van der Waals surface area (Å²) in [4.78, 5) is 15.6. The zero-order chi connectivity index (χ0) is 12.4. The molecular formula is C11H6BrCl2NOS. The van der Waals surface area contributed by atoms with Crippen molar-refractivity contribution in [3.8, 4) is 10.6 Å². The molecule has 2 nitrogen and oxygen atoms in total. The molecule has 2 aromatic rings. The second-order valence-electron chi connectivity index (χ2n) is 3.22. The third-order valence-electron chi connectivity index (χ3n) is 2.07. The largest absolute Gasteiger partial charge is 0.291 e. The first kappa shape index (κ1) is 13.0. The van der Waals surface area contributed by atoms with E-state index in [-0.39, 0.29) is 11.7 Å². The van der Waals surface area contributed by atoms with Crippen LogP contribution in [0.1, 0.15) is 10.5 Å². The van der Waals surface area contributed by atoms with Gasteiger partial charge in [0.2, 0.25) is 0 Å². The summed E-state index contributed by atoms with van der Waals surface area (Å²) in [5, 5.41) is 3.01. The second-order valence-corrected chi connectivity index (χ2v) is 5.67. The van der Waals surface area contributed by atoms with Crippen LogP contribution in [0.25, 0.3) is 10.6 Å². The molecule has 0 saturated heterocycles. The van der Waals surface area contributed by atoms with Crippen molar-refractivity contribution in [3.63, 3.8) is 0 Å². The van der Waals surface area contributed by atoms with E-state index in [1.807, 2.05) is 12.1 Å². The molecule has 0 aliphatic heterocycles. The van der Waals surface area contributed by atoms with E-state index < -0.39 is 0 Å². The standard InChI is InChI=1S/C11H6BrCl2NOS/c12-6-1-2-8(14)7(3-6)11-15-9(5-17-11)10(16)4-13/h1-3,5H,4H2. The SMILES string of the molecule is O=C(CCl)c1csc(-c2cc(Br)ccc2Cl)n1. The van der Waals surface area contributed by atoms with Gasteiger partial charge in [0.1, 0.15) is 10.7 Å². The van der Waals surface area contributed by atoms with Crippen LogP contribution in [0, 0.1) is 0 Å². The molecule has 0 bridgehead atoms. The van der Waals surface area contributed by atoms with E-state index in [2.05, 4.69) is 20.9 Å². The fourth-order valence-electron chi connectivity index (χ4n) is 1.26. The minimum absolute atomic E-state index is 0.0601. The maximum Gasteiger partial charge on any atom is 0.196 e. The molecule has 1 aromatic carbocycles. The van der Waals surface area contributed by atoms with Gasteiger partial charge in [-0.2, -0.15) is 0 Å². The molecule has 17 heavy (non-hydrogen) atoms.